The van der Waals surface area contributed by atoms with Crippen LogP contribution in [0.25, 0.3) is 0 Å². The summed E-state index contributed by atoms with van der Waals surface area (Å²) in [6.07, 6.45) is 5.31. The predicted molar refractivity (Wildman–Crippen MR) is 99.2 cm³/mol. The fourth-order valence-corrected chi connectivity index (χ4v) is 4.01. The third-order valence-corrected chi connectivity index (χ3v) is 5.38. The molecule has 2 heteroatoms. The molecule has 0 aromatic heterocycles. The van der Waals surface area contributed by atoms with Gasteiger partial charge in [-0.25, -0.2) is 0 Å². The van der Waals surface area contributed by atoms with Crippen molar-refractivity contribution in [3.8, 4) is 5.75 Å². The number of hydrogen-bond donors (Lipinski definition) is 1. The zero-order chi connectivity index (χ0) is 17.0. The molecule has 0 bridgehead atoms. The van der Waals surface area contributed by atoms with Crippen molar-refractivity contribution < 1.29 is 4.74 Å². The Bertz CT molecular complexity index is 503. The fraction of sp³-hybridized carbons (Fsp3) is 0.714. The lowest BCUT2D eigenvalue weighted by molar-refractivity contribution is 0.242. The maximum Gasteiger partial charge on any atom is 0.122 e. The minimum atomic E-state index is 0.151. The minimum Gasteiger partial charge on any atom is -0.494 e. The Morgan fingerprint density at radius 1 is 1.26 bits per heavy atom. The summed E-state index contributed by atoms with van der Waals surface area (Å²) in [6, 6.07) is 6.74. The molecule has 1 aliphatic carbocycles. The number of nitrogens with two attached hydrogens (primary N) is 1. The van der Waals surface area contributed by atoms with Crippen molar-refractivity contribution in [2.75, 3.05) is 13.2 Å². The molecule has 0 heterocycles. The Labute approximate surface area is 142 Å². The van der Waals surface area contributed by atoms with Gasteiger partial charge in [-0.2, -0.15) is 0 Å². The molecule has 2 rings (SSSR count). The smallest absolute Gasteiger partial charge is 0.122 e. The molecular formula is C21H35NO. The van der Waals surface area contributed by atoms with Crippen LogP contribution in [0.15, 0.2) is 18.2 Å². The van der Waals surface area contributed by atoms with Crippen molar-refractivity contribution in [2.45, 2.75) is 71.6 Å². The zero-order valence-electron chi connectivity index (χ0n) is 15.7. The average Bonchev–Trinajstić information content (AvgIpc) is 2.49. The lowest BCUT2D eigenvalue weighted by Gasteiger charge is -2.34. The molecule has 1 aliphatic rings. The number of ether oxygens (including phenoxy) is 1. The Balaban J connectivity index is 2.39. The lowest BCUT2D eigenvalue weighted by atomic mass is 9.72. The first-order valence-corrected chi connectivity index (χ1v) is 9.34. The summed E-state index contributed by atoms with van der Waals surface area (Å²) in [5.41, 5.74) is 9.11. The van der Waals surface area contributed by atoms with Gasteiger partial charge in [-0.05, 0) is 60.8 Å². The molecule has 2 nitrogen and oxygen atoms in total. The minimum absolute atomic E-state index is 0.151. The Kier molecular flexibility index (Phi) is 6.13. The van der Waals surface area contributed by atoms with Gasteiger partial charge in [0.1, 0.15) is 5.75 Å². The molecule has 0 amide bonds. The van der Waals surface area contributed by atoms with Crippen LogP contribution in [0.5, 0.6) is 5.75 Å². The van der Waals surface area contributed by atoms with Crippen molar-refractivity contribution in [2.24, 2.45) is 17.6 Å². The van der Waals surface area contributed by atoms with Crippen molar-refractivity contribution in [1.29, 1.82) is 0 Å². The molecule has 1 fully saturated rings. The van der Waals surface area contributed by atoms with E-state index in [-0.39, 0.29) is 5.41 Å². The molecule has 0 spiro atoms. The summed E-state index contributed by atoms with van der Waals surface area (Å²) in [6.45, 7) is 12.7. The highest BCUT2D eigenvalue weighted by atomic mass is 16.5. The van der Waals surface area contributed by atoms with Crippen LogP contribution < -0.4 is 10.5 Å². The van der Waals surface area contributed by atoms with Gasteiger partial charge < -0.3 is 10.5 Å². The third-order valence-electron chi connectivity index (χ3n) is 5.38. The second-order valence-corrected chi connectivity index (χ2v) is 8.31. The van der Waals surface area contributed by atoms with E-state index in [1.54, 1.807) is 0 Å². The molecule has 1 aromatic carbocycles. The van der Waals surface area contributed by atoms with E-state index in [1.165, 1.54) is 36.8 Å². The van der Waals surface area contributed by atoms with Crippen molar-refractivity contribution in [1.82, 2.24) is 0 Å². The summed E-state index contributed by atoms with van der Waals surface area (Å²) < 4.78 is 5.95. The average molecular weight is 318 g/mol. The molecule has 23 heavy (non-hydrogen) atoms. The van der Waals surface area contributed by atoms with Gasteiger partial charge in [0.05, 0.1) is 6.61 Å². The first-order valence-electron chi connectivity index (χ1n) is 9.34. The maximum absolute atomic E-state index is 6.25. The number of benzene rings is 1. The van der Waals surface area contributed by atoms with E-state index in [2.05, 4.69) is 52.8 Å². The normalized spacial score (nSPS) is 23.6. The molecule has 1 saturated carbocycles. The van der Waals surface area contributed by atoms with Gasteiger partial charge in [0.2, 0.25) is 0 Å². The van der Waals surface area contributed by atoms with Gasteiger partial charge in [0.15, 0.2) is 0 Å². The van der Waals surface area contributed by atoms with Gasteiger partial charge >= 0.3 is 0 Å². The summed E-state index contributed by atoms with van der Waals surface area (Å²) in [7, 11) is 0. The van der Waals surface area contributed by atoms with Crippen molar-refractivity contribution >= 4 is 0 Å². The maximum atomic E-state index is 6.25. The van der Waals surface area contributed by atoms with Gasteiger partial charge in [0.25, 0.3) is 0 Å². The molecule has 1 aromatic rings. The van der Waals surface area contributed by atoms with Crippen LogP contribution in [0.2, 0.25) is 0 Å². The molecule has 0 saturated heterocycles. The van der Waals surface area contributed by atoms with Crippen molar-refractivity contribution in [3.63, 3.8) is 0 Å². The predicted octanol–water partition coefficient (Wildman–Crippen LogP) is 5.25. The third kappa shape index (κ3) is 4.50. The highest BCUT2D eigenvalue weighted by molar-refractivity contribution is 5.42. The standard InChI is InChI=1S/C21H35NO/c1-6-23-20-11-10-17(21(3,4)5)13-18(20)19(14-22)16-9-7-8-15(2)12-16/h10-11,13,15-16,19H,6-9,12,14,22H2,1-5H3. The molecular weight excluding hydrogens is 282 g/mol. The van der Waals surface area contributed by atoms with Crippen LogP contribution in [0.4, 0.5) is 0 Å². The van der Waals surface area contributed by atoms with E-state index >= 15 is 0 Å². The quantitative estimate of drug-likeness (QED) is 0.805. The summed E-state index contributed by atoms with van der Waals surface area (Å²) in [4.78, 5) is 0. The second-order valence-electron chi connectivity index (χ2n) is 8.31. The van der Waals surface area contributed by atoms with Crippen LogP contribution in [-0.2, 0) is 5.41 Å². The van der Waals surface area contributed by atoms with E-state index < -0.39 is 0 Å². The van der Waals surface area contributed by atoms with Gasteiger partial charge in [-0.1, -0.05) is 52.7 Å². The monoisotopic (exact) mass is 317 g/mol. The molecule has 2 N–H and O–H groups in total. The topological polar surface area (TPSA) is 35.2 Å². The van der Waals surface area contributed by atoms with E-state index in [9.17, 15) is 0 Å². The molecule has 0 aliphatic heterocycles. The van der Waals surface area contributed by atoms with Crippen LogP contribution in [0, 0.1) is 11.8 Å². The second kappa shape index (κ2) is 7.70. The Hall–Kier alpha value is -1.02. The number of rotatable bonds is 5. The summed E-state index contributed by atoms with van der Waals surface area (Å²) >= 11 is 0. The molecule has 3 unspecified atom stereocenters. The van der Waals surface area contributed by atoms with E-state index in [1.807, 2.05) is 0 Å². The van der Waals surface area contributed by atoms with Gasteiger partial charge in [-0.15, -0.1) is 0 Å². The first-order chi connectivity index (χ1) is 10.9. The molecule has 130 valence electrons. The van der Waals surface area contributed by atoms with Crippen LogP contribution in [0.3, 0.4) is 0 Å². The highest BCUT2D eigenvalue weighted by Gasteiger charge is 2.29. The van der Waals surface area contributed by atoms with E-state index in [0.717, 1.165) is 11.7 Å². The van der Waals surface area contributed by atoms with Crippen LogP contribution in [0.1, 0.15) is 77.3 Å². The highest BCUT2D eigenvalue weighted by Crippen LogP contribution is 2.42. The first kappa shape index (κ1) is 18.3. The lowest BCUT2D eigenvalue weighted by Crippen LogP contribution is -2.27. The SMILES string of the molecule is CCOc1ccc(C(C)(C)C)cc1C(CN)C1CCCC(C)C1. The van der Waals surface area contributed by atoms with E-state index in [0.29, 0.717) is 25.0 Å². The zero-order valence-corrected chi connectivity index (χ0v) is 15.7. The van der Waals surface area contributed by atoms with Crippen molar-refractivity contribution in [3.05, 3.63) is 29.3 Å². The van der Waals surface area contributed by atoms with Crippen LogP contribution in [-0.4, -0.2) is 13.2 Å². The Morgan fingerprint density at radius 3 is 2.57 bits per heavy atom. The van der Waals surface area contributed by atoms with E-state index in [4.69, 9.17) is 10.5 Å². The van der Waals surface area contributed by atoms with Gasteiger partial charge in [-0.3, -0.25) is 0 Å². The summed E-state index contributed by atoms with van der Waals surface area (Å²) in [5.74, 6) is 2.97. The summed E-state index contributed by atoms with van der Waals surface area (Å²) in [5, 5.41) is 0. The van der Waals surface area contributed by atoms with Crippen LogP contribution >= 0.6 is 0 Å². The fourth-order valence-electron chi connectivity index (χ4n) is 4.01. The largest absolute Gasteiger partial charge is 0.494 e. The number of hydrogen-bond acceptors (Lipinski definition) is 2. The van der Waals surface area contributed by atoms with Gasteiger partial charge in [0, 0.05) is 5.92 Å². The molecule has 0 radical (unpaired) electrons. The Morgan fingerprint density at radius 2 is 2.00 bits per heavy atom. The molecule has 3 atom stereocenters.